The van der Waals surface area contributed by atoms with E-state index in [1.807, 2.05) is 0 Å². The van der Waals surface area contributed by atoms with Gasteiger partial charge in [-0.2, -0.15) is 0 Å². The number of likely N-dealkylation sites (tertiary alicyclic amines) is 1. The van der Waals surface area contributed by atoms with Crippen molar-refractivity contribution in [3.05, 3.63) is 35.6 Å². The Balaban J connectivity index is 1.93. The number of carbonyl (C=O) groups excluding carboxylic acids is 2. The Labute approximate surface area is 136 Å². The normalized spacial score (nSPS) is 17.7. The van der Waals surface area contributed by atoms with Crippen molar-refractivity contribution >= 4 is 12.0 Å². The second-order valence-corrected chi connectivity index (χ2v) is 5.80. The molecule has 0 aromatic heterocycles. The highest BCUT2D eigenvalue weighted by Gasteiger charge is 2.30. The summed E-state index contributed by atoms with van der Waals surface area (Å²) in [6.45, 7) is 3.55. The minimum absolute atomic E-state index is 0.00308. The van der Waals surface area contributed by atoms with E-state index in [1.54, 1.807) is 35.9 Å². The third kappa shape index (κ3) is 4.68. The molecule has 6 heteroatoms. The first-order valence-corrected chi connectivity index (χ1v) is 7.92. The van der Waals surface area contributed by atoms with Gasteiger partial charge >= 0.3 is 6.09 Å². The van der Waals surface area contributed by atoms with Gasteiger partial charge in [0, 0.05) is 26.7 Å². The van der Waals surface area contributed by atoms with Gasteiger partial charge in [0.05, 0.1) is 12.5 Å². The number of benzene rings is 1. The van der Waals surface area contributed by atoms with Crippen LogP contribution in [0, 0.1) is 11.7 Å². The topological polar surface area (TPSA) is 49.9 Å². The highest BCUT2D eigenvalue weighted by Crippen LogP contribution is 2.20. The fourth-order valence-corrected chi connectivity index (χ4v) is 2.81. The first-order chi connectivity index (χ1) is 11.0. The zero-order valence-corrected chi connectivity index (χ0v) is 13.6. The molecule has 0 N–H and O–H groups in total. The van der Waals surface area contributed by atoms with E-state index in [4.69, 9.17) is 4.74 Å². The van der Waals surface area contributed by atoms with Crippen LogP contribution < -0.4 is 0 Å². The van der Waals surface area contributed by atoms with Crippen LogP contribution in [0.1, 0.15) is 25.3 Å². The lowest BCUT2D eigenvalue weighted by molar-refractivity contribution is -0.136. The first-order valence-electron chi connectivity index (χ1n) is 7.92. The summed E-state index contributed by atoms with van der Waals surface area (Å²) >= 11 is 0. The monoisotopic (exact) mass is 322 g/mol. The largest absolute Gasteiger partial charge is 0.450 e. The summed E-state index contributed by atoms with van der Waals surface area (Å²) in [6.07, 6.45) is 1.20. The molecule has 1 atom stereocenters. The van der Waals surface area contributed by atoms with Crippen molar-refractivity contribution in [3.8, 4) is 0 Å². The van der Waals surface area contributed by atoms with Crippen molar-refractivity contribution in [2.75, 3.05) is 26.7 Å². The third-order valence-corrected chi connectivity index (χ3v) is 4.01. The number of piperidine rings is 1. The fourth-order valence-electron chi connectivity index (χ4n) is 2.81. The maximum absolute atomic E-state index is 12.9. The van der Waals surface area contributed by atoms with E-state index < -0.39 is 0 Å². The van der Waals surface area contributed by atoms with E-state index >= 15 is 0 Å². The molecule has 1 heterocycles. The second kappa shape index (κ2) is 7.94. The summed E-state index contributed by atoms with van der Waals surface area (Å²) in [7, 11) is 1.73. The predicted octanol–water partition coefficient (Wildman–Crippen LogP) is 2.65. The van der Waals surface area contributed by atoms with Crippen LogP contribution >= 0.6 is 0 Å². The maximum Gasteiger partial charge on any atom is 0.409 e. The van der Waals surface area contributed by atoms with Crippen molar-refractivity contribution in [3.63, 3.8) is 0 Å². The van der Waals surface area contributed by atoms with Crippen LogP contribution in [0.25, 0.3) is 0 Å². The van der Waals surface area contributed by atoms with Gasteiger partial charge in [0.15, 0.2) is 0 Å². The molecule has 1 aliphatic heterocycles. The average molecular weight is 322 g/mol. The molecule has 1 aromatic carbocycles. The molecule has 0 aliphatic carbocycles. The van der Waals surface area contributed by atoms with Gasteiger partial charge in [-0.1, -0.05) is 12.1 Å². The molecule has 1 unspecified atom stereocenters. The molecule has 0 spiro atoms. The molecule has 0 saturated carbocycles. The van der Waals surface area contributed by atoms with E-state index in [9.17, 15) is 14.0 Å². The van der Waals surface area contributed by atoms with E-state index in [0.29, 0.717) is 26.2 Å². The number of amides is 2. The van der Waals surface area contributed by atoms with Crippen LogP contribution in [-0.4, -0.2) is 48.5 Å². The average Bonchev–Trinajstić information content (AvgIpc) is 2.56. The summed E-state index contributed by atoms with van der Waals surface area (Å²) in [5.74, 6) is -0.498. The predicted molar refractivity (Wildman–Crippen MR) is 84.2 cm³/mol. The molecule has 2 amide bonds. The van der Waals surface area contributed by atoms with Crippen molar-refractivity contribution in [2.24, 2.45) is 5.92 Å². The molecule has 1 aromatic rings. The van der Waals surface area contributed by atoms with Gasteiger partial charge in [-0.3, -0.25) is 4.79 Å². The van der Waals surface area contributed by atoms with Crippen LogP contribution in [0.5, 0.6) is 0 Å². The standard InChI is InChI=1S/C17H23FN2O3/c1-3-23-17(22)20-10-4-5-14(12-20)16(21)19(2)11-13-6-8-15(18)9-7-13/h6-9,14H,3-5,10-12H2,1-2H3. The van der Waals surface area contributed by atoms with Crippen molar-refractivity contribution < 1.29 is 18.7 Å². The summed E-state index contributed by atoms with van der Waals surface area (Å²) < 4.78 is 17.9. The summed E-state index contributed by atoms with van der Waals surface area (Å²) in [5, 5.41) is 0. The van der Waals surface area contributed by atoms with Crippen LogP contribution in [-0.2, 0) is 16.1 Å². The molecule has 1 fully saturated rings. The van der Waals surface area contributed by atoms with E-state index in [1.165, 1.54) is 12.1 Å². The summed E-state index contributed by atoms with van der Waals surface area (Å²) in [4.78, 5) is 27.6. The molecule has 0 bridgehead atoms. The lowest BCUT2D eigenvalue weighted by atomic mass is 9.96. The van der Waals surface area contributed by atoms with E-state index in [0.717, 1.165) is 18.4 Å². The second-order valence-electron chi connectivity index (χ2n) is 5.80. The Morgan fingerprint density at radius 3 is 2.70 bits per heavy atom. The SMILES string of the molecule is CCOC(=O)N1CCCC(C(=O)N(C)Cc2ccc(F)cc2)C1. The molecule has 2 rings (SSSR count). The van der Waals surface area contributed by atoms with Crippen LogP contribution in [0.15, 0.2) is 24.3 Å². The molecular weight excluding hydrogens is 299 g/mol. The minimum Gasteiger partial charge on any atom is -0.450 e. The molecule has 5 nitrogen and oxygen atoms in total. The lowest BCUT2D eigenvalue weighted by Crippen LogP contribution is -2.45. The highest BCUT2D eigenvalue weighted by molar-refractivity contribution is 5.80. The number of halogens is 1. The number of ether oxygens (including phenoxy) is 1. The number of hydrogen-bond acceptors (Lipinski definition) is 3. The zero-order valence-electron chi connectivity index (χ0n) is 13.6. The van der Waals surface area contributed by atoms with E-state index in [2.05, 4.69) is 0 Å². The molecule has 1 saturated heterocycles. The Hall–Kier alpha value is -2.11. The Kier molecular flexibility index (Phi) is 5.96. The first kappa shape index (κ1) is 17.2. The van der Waals surface area contributed by atoms with Gasteiger partial charge in [-0.15, -0.1) is 0 Å². The number of carbonyl (C=O) groups is 2. The third-order valence-electron chi connectivity index (χ3n) is 4.01. The summed E-state index contributed by atoms with van der Waals surface area (Å²) in [6, 6.07) is 6.11. The number of hydrogen-bond donors (Lipinski definition) is 0. The van der Waals surface area contributed by atoms with Crippen molar-refractivity contribution in [1.82, 2.24) is 9.80 Å². The van der Waals surface area contributed by atoms with Crippen molar-refractivity contribution in [1.29, 1.82) is 0 Å². The molecular formula is C17H23FN2O3. The quantitative estimate of drug-likeness (QED) is 0.856. The fraction of sp³-hybridized carbons (Fsp3) is 0.529. The van der Waals surface area contributed by atoms with Gasteiger partial charge in [-0.25, -0.2) is 9.18 Å². The lowest BCUT2D eigenvalue weighted by Gasteiger charge is -2.33. The van der Waals surface area contributed by atoms with Gasteiger partial charge in [-0.05, 0) is 37.5 Å². The molecule has 0 radical (unpaired) electrons. The Morgan fingerprint density at radius 2 is 2.04 bits per heavy atom. The maximum atomic E-state index is 12.9. The smallest absolute Gasteiger partial charge is 0.409 e. The molecule has 1 aliphatic rings. The van der Waals surface area contributed by atoms with Crippen LogP contribution in [0.3, 0.4) is 0 Å². The Bertz CT molecular complexity index is 547. The highest BCUT2D eigenvalue weighted by atomic mass is 19.1. The molecule has 23 heavy (non-hydrogen) atoms. The van der Waals surface area contributed by atoms with Gasteiger partial charge in [0.1, 0.15) is 5.82 Å². The zero-order chi connectivity index (χ0) is 16.8. The Morgan fingerprint density at radius 1 is 1.35 bits per heavy atom. The summed E-state index contributed by atoms with van der Waals surface area (Å²) in [5.41, 5.74) is 0.875. The van der Waals surface area contributed by atoms with Crippen LogP contribution in [0.4, 0.5) is 9.18 Å². The number of nitrogens with zero attached hydrogens (tertiary/aromatic N) is 2. The van der Waals surface area contributed by atoms with Crippen molar-refractivity contribution in [2.45, 2.75) is 26.3 Å². The number of rotatable bonds is 4. The van der Waals surface area contributed by atoms with Gasteiger partial charge in [0.25, 0.3) is 0 Å². The van der Waals surface area contributed by atoms with Gasteiger partial charge in [0.2, 0.25) is 5.91 Å². The van der Waals surface area contributed by atoms with Crippen LogP contribution in [0.2, 0.25) is 0 Å². The molecule has 126 valence electrons. The minimum atomic E-state index is -0.355. The van der Waals surface area contributed by atoms with Gasteiger partial charge < -0.3 is 14.5 Å². The van der Waals surface area contributed by atoms with E-state index in [-0.39, 0.29) is 23.7 Å².